The molecule has 0 aromatic heterocycles. The van der Waals surface area contributed by atoms with Crippen molar-refractivity contribution in [2.45, 2.75) is 32.2 Å². The van der Waals surface area contributed by atoms with Crippen LogP contribution in [0.3, 0.4) is 0 Å². The van der Waals surface area contributed by atoms with Crippen molar-refractivity contribution in [1.29, 1.82) is 0 Å². The Morgan fingerprint density at radius 3 is 3.07 bits per heavy atom. The van der Waals surface area contributed by atoms with Gasteiger partial charge in [0.15, 0.2) is 0 Å². The second-order valence-corrected chi connectivity index (χ2v) is 5.74. The zero-order chi connectivity index (χ0) is 10.7. The molecule has 1 amide bonds. The van der Waals surface area contributed by atoms with Gasteiger partial charge in [0.1, 0.15) is 0 Å². The first kappa shape index (κ1) is 11.3. The van der Waals surface area contributed by atoms with Crippen molar-refractivity contribution in [3.8, 4) is 0 Å². The molecule has 15 heavy (non-hydrogen) atoms. The molecule has 0 saturated carbocycles. The molecule has 2 atom stereocenters. The van der Waals surface area contributed by atoms with Crippen LogP contribution < -0.4 is 10.6 Å². The van der Waals surface area contributed by atoms with Crippen LogP contribution in [0, 0.1) is 5.41 Å². The van der Waals surface area contributed by atoms with Gasteiger partial charge in [0.2, 0.25) is 5.91 Å². The highest BCUT2D eigenvalue weighted by atomic mass is 32.2. The summed E-state index contributed by atoms with van der Waals surface area (Å²) < 4.78 is 0. The summed E-state index contributed by atoms with van der Waals surface area (Å²) in [6.07, 6.45) is 3.09. The Balaban J connectivity index is 1.92. The van der Waals surface area contributed by atoms with E-state index in [2.05, 4.69) is 17.6 Å². The van der Waals surface area contributed by atoms with E-state index >= 15 is 0 Å². The van der Waals surface area contributed by atoms with Gasteiger partial charge in [0.25, 0.3) is 0 Å². The molecule has 4 heteroatoms. The van der Waals surface area contributed by atoms with Gasteiger partial charge in [-0.25, -0.2) is 0 Å². The van der Waals surface area contributed by atoms with Gasteiger partial charge in [-0.1, -0.05) is 6.92 Å². The smallest absolute Gasteiger partial charge is 0.227 e. The summed E-state index contributed by atoms with van der Waals surface area (Å²) in [6, 6.07) is 0.423. The summed E-state index contributed by atoms with van der Waals surface area (Å²) in [6.45, 7) is 3.96. The predicted octanol–water partition coefficient (Wildman–Crippen LogP) is 0.998. The van der Waals surface area contributed by atoms with Crippen molar-refractivity contribution in [3.63, 3.8) is 0 Å². The fourth-order valence-electron chi connectivity index (χ4n) is 2.39. The molecule has 2 N–H and O–H groups in total. The van der Waals surface area contributed by atoms with Crippen LogP contribution in [0.2, 0.25) is 0 Å². The maximum atomic E-state index is 12.2. The molecule has 0 bridgehead atoms. The van der Waals surface area contributed by atoms with Gasteiger partial charge in [-0.2, -0.15) is 11.8 Å². The van der Waals surface area contributed by atoms with Crippen LogP contribution in [0.1, 0.15) is 26.2 Å². The second kappa shape index (κ2) is 4.74. The van der Waals surface area contributed by atoms with Crippen molar-refractivity contribution in [3.05, 3.63) is 0 Å². The Bertz CT molecular complexity index is 233. The number of carbonyl (C=O) groups excluding carboxylic acids is 1. The average molecular weight is 228 g/mol. The van der Waals surface area contributed by atoms with E-state index in [1.165, 1.54) is 5.75 Å². The normalized spacial score (nSPS) is 35.7. The minimum absolute atomic E-state index is 0.118. The van der Waals surface area contributed by atoms with Gasteiger partial charge in [0.05, 0.1) is 5.41 Å². The Morgan fingerprint density at radius 1 is 1.67 bits per heavy atom. The largest absolute Gasteiger partial charge is 0.352 e. The van der Waals surface area contributed by atoms with Crippen LogP contribution in [0.5, 0.6) is 0 Å². The van der Waals surface area contributed by atoms with Crippen molar-refractivity contribution in [1.82, 2.24) is 10.6 Å². The van der Waals surface area contributed by atoms with Gasteiger partial charge >= 0.3 is 0 Å². The molecule has 0 aromatic carbocycles. The van der Waals surface area contributed by atoms with E-state index in [9.17, 15) is 4.79 Å². The van der Waals surface area contributed by atoms with Crippen molar-refractivity contribution < 1.29 is 4.79 Å². The standard InChI is InChI=1S/C11H20N2OS/c1-2-11(4-5-12-8-11)10(14)13-9-3-6-15-7-9/h9,12H,2-8H2,1H3,(H,13,14). The Kier molecular flexibility index (Phi) is 3.57. The molecule has 0 radical (unpaired) electrons. The van der Waals surface area contributed by atoms with E-state index in [1.807, 2.05) is 11.8 Å². The molecule has 3 nitrogen and oxygen atoms in total. The third-order valence-corrected chi connectivity index (χ3v) is 4.83. The van der Waals surface area contributed by atoms with Crippen LogP contribution in [0.15, 0.2) is 0 Å². The molecule has 2 aliphatic heterocycles. The highest BCUT2D eigenvalue weighted by Gasteiger charge is 2.40. The van der Waals surface area contributed by atoms with E-state index in [1.54, 1.807) is 0 Å². The summed E-state index contributed by atoms with van der Waals surface area (Å²) in [7, 11) is 0. The molecule has 2 fully saturated rings. The average Bonchev–Trinajstić information content (AvgIpc) is 2.87. The van der Waals surface area contributed by atoms with E-state index < -0.39 is 0 Å². The van der Waals surface area contributed by atoms with Crippen molar-refractivity contribution in [2.24, 2.45) is 5.41 Å². The topological polar surface area (TPSA) is 41.1 Å². The lowest BCUT2D eigenvalue weighted by atomic mass is 9.83. The van der Waals surface area contributed by atoms with E-state index in [-0.39, 0.29) is 11.3 Å². The van der Waals surface area contributed by atoms with Gasteiger partial charge in [-0.15, -0.1) is 0 Å². The first-order chi connectivity index (χ1) is 7.27. The minimum Gasteiger partial charge on any atom is -0.352 e. The minimum atomic E-state index is -0.118. The highest BCUT2D eigenvalue weighted by molar-refractivity contribution is 7.99. The van der Waals surface area contributed by atoms with E-state index in [4.69, 9.17) is 0 Å². The molecule has 2 saturated heterocycles. The Morgan fingerprint density at radius 2 is 2.53 bits per heavy atom. The fourth-order valence-corrected chi connectivity index (χ4v) is 3.54. The van der Waals surface area contributed by atoms with Crippen LogP contribution in [-0.4, -0.2) is 36.5 Å². The lowest BCUT2D eigenvalue weighted by Gasteiger charge is -2.27. The van der Waals surface area contributed by atoms with Gasteiger partial charge < -0.3 is 10.6 Å². The summed E-state index contributed by atoms with van der Waals surface area (Å²) in [5, 5.41) is 6.52. The number of nitrogens with one attached hydrogen (secondary N) is 2. The molecule has 0 aromatic rings. The maximum Gasteiger partial charge on any atom is 0.227 e. The van der Waals surface area contributed by atoms with Gasteiger partial charge in [-0.3, -0.25) is 4.79 Å². The third kappa shape index (κ3) is 2.31. The van der Waals surface area contributed by atoms with E-state index in [0.717, 1.165) is 38.1 Å². The van der Waals surface area contributed by atoms with Crippen LogP contribution in [-0.2, 0) is 4.79 Å². The Hall–Kier alpha value is -0.220. The zero-order valence-corrected chi connectivity index (χ0v) is 10.2. The monoisotopic (exact) mass is 228 g/mol. The molecule has 0 aliphatic carbocycles. The van der Waals surface area contributed by atoms with Crippen LogP contribution >= 0.6 is 11.8 Å². The molecule has 2 aliphatic rings. The van der Waals surface area contributed by atoms with Crippen molar-refractivity contribution >= 4 is 17.7 Å². The first-order valence-corrected chi connectivity index (χ1v) is 7.02. The maximum absolute atomic E-state index is 12.2. The number of amides is 1. The summed E-state index contributed by atoms with van der Waals surface area (Å²) in [4.78, 5) is 12.2. The number of thioether (sulfide) groups is 1. The molecule has 2 unspecified atom stereocenters. The van der Waals surface area contributed by atoms with Gasteiger partial charge in [0, 0.05) is 18.3 Å². The van der Waals surface area contributed by atoms with E-state index in [0.29, 0.717) is 6.04 Å². The molecule has 2 rings (SSSR count). The number of rotatable bonds is 3. The predicted molar refractivity (Wildman–Crippen MR) is 64.1 cm³/mol. The number of hydrogen-bond acceptors (Lipinski definition) is 3. The summed E-state index contributed by atoms with van der Waals surface area (Å²) in [5.41, 5.74) is -0.118. The first-order valence-electron chi connectivity index (χ1n) is 5.86. The third-order valence-electron chi connectivity index (χ3n) is 3.67. The molecule has 86 valence electrons. The molecule has 2 heterocycles. The quantitative estimate of drug-likeness (QED) is 0.757. The van der Waals surface area contributed by atoms with Crippen LogP contribution in [0.25, 0.3) is 0 Å². The van der Waals surface area contributed by atoms with Crippen molar-refractivity contribution in [2.75, 3.05) is 24.6 Å². The summed E-state index contributed by atoms with van der Waals surface area (Å²) >= 11 is 1.94. The lowest BCUT2D eigenvalue weighted by Crippen LogP contribution is -2.46. The lowest BCUT2D eigenvalue weighted by molar-refractivity contribution is -0.130. The fraction of sp³-hybridized carbons (Fsp3) is 0.909. The molecule has 0 spiro atoms. The zero-order valence-electron chi connectivity index (χ0n) is 9.34. The number of hydrogen-bond donors (Lipinski definition) is 2. The molecular formula is C11H20N2OS. The summed E-state index contributed by atoms with van der Waals surface area (Å²) in [5.74, 6) is 2.57. The Labute approximate surface area is 95.8 Å². The second-order valence-electron chi connectivity index (χ2n) is 4.59. The number of carbonyl (C=O) groups is 1. The molecular weight excluding hydrogens is 208 g/mol. The van der Waals surface area contributed by atoms with Crippen LogP contribution in [0.4, 0.5) is 0 Å². The SMILES string of the molecule is CCC1(C(=O)NC2CCSC2)CCNC1. The van der Waals surface area contributed by atoms with Gasteiger partial charge in [-0.05, 0) is 31.6 Å². The highest BCUT2D eigenvalue weighted by Crippen LogP contribution is 2.30.